The maximum Gasteiger partial charge on any atom is -0.000111 e. The van der Waals surface area contributed by atoms with Gasteiger partial charge in [0.15, 0.2) is 0 Å². The Bertz CT molecular complexity index is 412. The van der Waals surface area contributed by atoms with Crippen molar-refractivity contribution in [3.05, 3.63) is 59.7 Å². The molecule has 0 unspecified atom stereocenters. The van der Waals surface area contributed by atoms with Crippen LogP contribution in [0.25, 0.3) is 11.1 Å². The molecule has 0 saturated heterocycles. The minimum Gasteiger partial charge on any atom is -0.0610 e. The number of hydrogen-bond donors (Lipinski definition) is 0. The lowest BCUT2D eigenvalue weighted by atomic mass is 10.1. The molecule has 2 aromatic carbocycles. The molecule has 0 heteroatoms. The molecular formula is C13H8. The predicted octanol–water partition coefficient (Wildman–Crippen LogP) is 2.86. The smallest absolute Gasteiger partial charge is 0.000111 e. The van der Waals surface area contributed by atoms with Gasteiger partial charge in [0.25, 0.3) is 0 Å². The molecule has 1 aliphatic rings. The Kier molecular flexibility index (Phi) is 1.31. The zero-order valence-corrected chi connectivity index (χ0v) is 7.17. The molecule has 0 saturated carbocycles. The van der Waals surface area contributed by atoms with E-state index >= 15 is 0 Å². The van der Waals surface area contributed by atoms with E-state index < -0.39 is 0 Å². The van der Waals surface area contributed by atoms with Crippen LogP contribution in [-0.4, -0.2) is 0 Å². The van der Waals surface area contributed by atoms with Crippen LogP contribution in [0.1, 0.15) is 11.1 Å². The highest BCUT2D eigenvalue weighted by atomic mass is 14.2. The lowest BCUT2D eigenvalue weighted by Crippen LogP contribution is -1.78. The summed E-state index contributed by atoms with van der Waals surface area (Å²) in [6.07, 6.45) is 0.992. The molecule has 0 amide bonds. The fraction of sp³-hybridized carbons (Fsp3) is 0.0769. The van der Waals surface area contributed by atoms with Crippen LogP contribution in [0.3, 0.4) is 0 Å². The maximum atomic E-state index is 3.28. The van der Waals surface area contributed by atoms with Gasteiger partial charge in [-0.1, -0.05) is 36.4 Å². The van der Waals surface area contributed by atoms with E-state index in [2.05, 4.69) is 24.3 Å². The van der Waals surface area contributed by atoms with Gasteiger partial charge in [-0.3, -0.25) is 0 Å². The SMILES string of the molecule is [c]1cccc2c1Cc1[c]cccc1-2. The summed E-state index contributed by atoms with van der Waals surface area (Å²) in [4.78, 5) is 0. The molecule has 60 valence electrons. The van der Waals surface area contributed by atoms with Crippen molar-refractivity contribution in [2.45, 2.75) is 6.42 Å². The van der Waals surface area contributed by atoms with E-state index in [1.807, 2.05) is 24.3 Å². The normalized spacial score (nSPS) is 12.3. The van der Waals surface area contributed by atoms with Crippen molar-refractivity contribution in [3.8, 4) is 11.1 Å². The Balaban J connectivity index is 2.32. The van der Waals surface area contributed by atoms with E-state index in [-0.39, 0.29) is 0 Å². The van der Waals surface area contributed by atoms with Crippen LogP contribution in [0, 0.1) is 12.1 Å². The highest BCUT2D eigenvalue weighted by Crippen LogP contribution is 2.35. The van der Waals surface area contributed by atoms with E-state index in [9.17, 15) is 0 Å². The van der Waals surface area contributed by atoms with Crippen LogP contribution in [0.4, 0.5) is 0 Å². The predicted molar refractivity (Wildman–Crippen MR) is 52.4 cm³/mol. The van der Waals surface area contributed by atoms with E-state index in [1.165, 1.54) is 22.3 Å². The van der Waals surface area contributed by atoms with Crippen LogP contribution < -0.4 is 0 Å². The van der Waals surface area contributed by atoms with Gasteiger partial charge in [-0.2, -0.15) is 0 Å². The first-order valence-corrected chi connectivity index (χ1v) is 4.45. The molecule has 2 radical (unpaired) electrons. The first-order valence-electron chi connectivity index (χ1n) is 4.45. The fourth-order valence-electron chi connectivity index (χ4n) is 1.92. The molecular weight excluding hydrogens is 156 g/mol. The van der Waals surface area contributed by atoms with E-state index in [1.54, 1.807) is 0 Å². The molecule has 0 bridgehead atoms. The van der Waals surface area contributed by atoms with Gasteiger partial charge in [0.05, 0.1) is 0 Å². The van der Waals surface area contributed by atoms with E-state index in [0.717, 1.165) is 6.42 Å². The maximum absolute atomic E-state index is 3.28. The second kappa shape index (κ2) is 2.46. The van der Waals surface area contributed by atoms with Crippen molar-refractivity contribution < 1.29 is 0 Å². The quantitative estimate of drug-likeness (QED) is 0.479. The molecule has 13 heavy (non-hydrogen) atoms. The van der Waals surface area contributed by atoms with Crippen LogP contribution in [0.2, 0.25) is 0 Å². The molecule has 0 N–H and O–H groups in total. The van der Waals surface area contributed by atoms with Crippen molar-refractivity contribution in [2.24, 2.45) is 0 Å². The second-order valence-electron chi connectivity index (χ2n) is 3.30. The third-order valence-corrected chi connectivity index (χ3v) is 2.53. The number of benzene rings is 2. The van der Waals surface area contributed by atoms with Crippen LogP contribution >= 0.6 is 0 Å². The monoisotopic (exact) mass is 164 g/mol. The molecule has 0 heterocycles. The van der Waals surface area contributed by atoms with Crippen molar-refractivity contribution >= 4 is 0 Å². The van der Waals surface area contributed by atoms with Gasteiger partial charge in [0.2, 0.25) is 0 Å². The minimum atomic E-state index is 0.992. The first kappa shape index (κ1) is 6.90. The van der Waals surface area contributed by atoms with Crippen LogP contribution in [-0.2, 0) is 6.42 Å². The van der Waals surface area contributed by atoms with E-state index in [0.29, 0.717) is 0 Å². The summed E-state index contributed by atoms with van der Waals surface area (Å²) in [7, 11) is 0. The van der Waals surface area contributed by atoms with Gasteiger partial charge in [-0.15, -0.1) is 0 Å². The zero-order chi connectivity index (χ0) is 8.67. The summed E-state index contributed by atoms with van der Waals surface area (Å²) in [6.45, 7) is 0. The molecule has 1 aliphatic carbocycles. The average molecular weight is 164 g/mol. The van der Waals surface area contributed by atoms with Crippen LogP contribution in [0.5, 0.6) is 0 Å². The summed E-state index contributed by atoms with van der Waals surface area (Å²) < 4.78 is 0. The van der Waals surface area contributed by atoms with Crippen molar-refractivity contribution in [3.63, 3.8) is 0 Å². The highest BCUT2D eigenvalue weighted by molar-refractivity contribution is 5.75. The van der Waals surface area contributed by atoms with Gasteiger partial charge >= 0.3 is 0 Å². The molecule has 0 spiro atoms. The first-order chi connectivity index (χ1) is 6.45. The summed E-state index contributed by atoms with van der Waals surface area (Å²) in [5.74, 6) is 0. The van der Waals surface area contributed by atoms with Gasteiger partial charge < -0.3 is 0 Å². The summed E-state index contributed by atoms with van der Waals surface area (Å²) in [6, 6.07) is 18.9. The Hall–Kier alpha value is -1.56. The third-order valence-electron chi connectivity index (χ3n) is 2.53. The van der Waals surface area contributed by atoms with Gasteiger partial charge in [0, 0.05) is 0 Å². The van der Waals surface area contributed by atoms with Gasteiger partial charge in [0.1, 0.15) is 0 Å². The van der Waals surface area contributed by atoms with Gasteiger partial charge in [-0.05, 0) is 40.8 Å². The zero-order valence-electron chi connectivity index (χ0n) is 7.17. The van der Waals surface area contributed by atoms with Crippen molar-refractivity contribution in [2.75, 3.05) is 0 Å². The molecule has 0 fully saturated rings. The highest BCUT2D eigenvalue weighted by Gasteiger charge is 2.16. The van der Waals surface area contributed by atoms with Gasteiger partial charge in [-0.25, -0.2) is 0 Å². The summed E-state index contributed by atoms with van der Waals surface area (Å²) in [5.41, 5.74) is 5.27. The number of fused-ring (bicyclic) bond motifs is 3. The fourth-order valence-corrected chi connectivity index (χ4v) is 1.92. The largest absolute Gasteiger partial charge is 0.0610 e. The Labute approximate surface area is 77.8 Å². The number of rotatable bonds is 0. The Morgan fingerprint density at radius 3 is 1.92 bits per heavy atom. The third kappa shape index (κ3) is 0.919. The molecule has 0 aliphatic heterocycles. The minimum absolute atomic E-state index is 0.992. The Morgan fingerprint density at radius 1 is 0.846 bits per heavy atom. The summed E-state index contributed by atoms with van der Waals surface area (Å²) >= 11 is 0. The van der Waals surface area contributed by atoms with Crippen LogP contribution in [0.15, 0.2) is 36.4 Å². The van der Waals surface area contributed by atoms with Crippen molar-refractivity contribution in [1.29, 1.82) is 0 Å². The molecule has 0 atom stereocenters. The molecule has 3 rings (SSSR count). The second-order valence-corrected chi connectivity index (χ2v) is 3.30. The standard InChI is InChI=1S/C13H8/c1-3-7-12-10(5-1)9-11-6-2-4-8-13(11)12/h1-4,7-8H,9H2. The molecule has 2 aromatic rings. The lowest BCUT2D eigenvalue weighted by molar-refractivity contribution is 1.25. The lowest BCUT2D eigenvalue weighted by Gasteiger charge is -1.97. The van der Waals surface area contributed by atoms with Crippen molar-refractivity contribution in [1.82, 2.24) is 0 Å². The summed E-state index contributed by atoms with van der Waals surface area (Å²) in [5, 5.41) is 0. The topological polar surface area (TPSA) is 0 Å². The number of hydrogen-bond acceptors (Lipinski definition) is 0. The Morgan fingerprint density at radius 2 is 1.38 bits per heavy atom. The molecule has 0 aromatic heterocycles. The average Bonchev–Trinajstić information content (AvgIpc) is 2.56. The molecule has 0 nitrogen and oxygen atoms in total. The van der Waals surface area contributed by atoms with E-state index in [4.69, 9.17) is 0 Å².